The molecule has 3 aliphatic rings. The van der Waals surface area contributed by atoms with Crippen LogP contribution >= 0.6 is 0 Å². The minimum Gasteiger partial charge on any atom is -0.303 e. The normalized spacial score (nSPS) is 24.4. The van der Waals surface area contributed by atoms with Crippen LogP contribution in [0.2, 0.25) is 0 Å². The van der Waals surface area contributed by atoms with E-state index in [0.29, 0.717) is 48.2 Å². The van der Waals surface area contributed by atoms with Gasteiger partial charge in [0, 0.05) is 6.54 Å². The van der Waals surface area contributed by atoms with Gasteiger partial charge in [0.2, 0.25) is 0 Å². The second-order valence-corrected chi connectivity index (χ2v) is 11.5. The van der Waals surface area contributed by atoms with Gasteiger partial charge in [-0.3, -0.25) is 9.69 Å². The first-order chi connectivity index (χ1) is 19.1. The molecule has 5 rings (SSSR count). The van der Waals surface area contributed by atoms with Gasteiger partial charge in [0.05, 0.1) is 5.92 Å². The number of carbonyl (C=O) groups is 1. The van der Waals surface area contributed by atoms with Crippen LogP contribution in [0, 0.1) is 29.4 Å². The zero-order valence-electron chi connectivity index (χ0n) is 22.8. The van der Waals surface area contributed by atoms with Gasteiger partial charge in [-0.2, -0.15) is 13.2 Å². The highest BCUT2D eigenvalue weighted by molar-refractivity contribution is 6.09. The predicted molar refractivity (Wildman–Crippen MR) is 144 cm³/mol. The van der Waals surface area contributed by atoms with Crippen molar-refractivity contribution in [3.05, 3.63) is 71.3 Å². The van der Waals surface area contributed by atoms with Gasteiger partial charge >= 0.3 is 6.18 Å². The summed E-state index contributed by atoms with van der Waals surface area (Å²) in [5.74, 6) is -0.755. The monoisotopic (exact) mass is 561 g/mol. The fraction of sp³-hybridized carbons (Fsp3) is 0.548. The molecule has 0 N–H and O–H groups in total. The highest BCUT2D eigenvalue weighted by atomic mass is 19.4. The Bertz CT molecular complexity index is 1150. The summed E-state index contributed by atoms with van der Waals surface area (Å²) in [6, 6.07) is 11.4. The van der Waals surface area contributed by atoms with Gasteiger partial charge in [-0.15, -0.1) is 0 Å². The summed E-state index contributed by atoms with van der Waals surface area (Å²) in [7, 11) is 0. The van der Waals surface area contributed by atoms with Crippen molar-refractivity contribution < 1.29 is 26.7 Å². The molecule has 2 heterocycles. The van der Waals surface area contributed by atoms with Crippen molar-refractivity contribution in [3.8, 4) is 0 Å². The fourth-order valence-electron chi connectivity index (χ4n) is 6.90. The summed E-state index contributed by atoms with van der Waals surface area (Å²) in [4.78, 5) is 22.8. The molecule has 1 aliphatic carbocycles. The predicted octanol–water partition coefficient (Wildman–Crippen LogP) is 6.94. The number of alkyl halides is 3. The van der Waals surface area contributed by atoms with Gasteiger partial charge in [0.15, 0.2) is 5.54 Å². The van der Waals surface area contributed by atoms with Crippen molar-refractivity contribution in [1.29, 1.82) is 0 Å². The van der Waals surface area contributed by atoms with Crippen LogP contribution in [0.25, 0.3) is 0 Å². The minimum atomic E-state index is -4.06. The Morgan fingerprint density at radius 1 is 0.800 bits per heavy atom. The lowest BCUT2D eigenvalue weighted by molar-refractivity contribution is -0.185. The van der Waals surface area contributed by atoms with Crippen molar-refractivity contribution in [2.45, 2.75) is 63.6 Å². The fourth-order valence-corrected chi connectivity index (χ4v) is 6.90. The topological polar surface area (TPSA) is 35.9 Å². The van der Waals surface area contributed by atoms with E-state index in [-0.39, 0.29) is 18.7 Å². The molecule has 1 saturated heterocycles. The van der Waals surface area contributed by atoms with Gasteiger partial charge < -0.3 is 4.90 Å². The zero-order chi connectivity index (χ0) is 28.5. The van der Waals surface area contributed by atoms with Crippen molar-refractivity contribution in [2.75, 3.05) is 26.2 Å². The Morgan fingerprint density at radius 3 is 1.80 bits per heavy atom. The number of amides is 1. The quantitative estimate of drug-likeness (QED) is 0.344. The SMILES string of the molecule is CC1=NC(c2ccc(F)cc2)(c2ccc(F)cc2)C(=O)N1CCCN1CCC(C2CCC(C(F)(F)F)CC2)CC1. The van der Waals surface area contributed by atoms with Crippen molar-refractivity contribution in [3.63, 3.8) is 0 Å². The molecule has 0 atom stereocenters. The number of aliphatic imine (C=N–C) groups is 1. The Hall–Kier alpha value is -2.81. The Balaban J connectivity index is 1.17. The third-order valence-corrected chi connectivity index (χ3v) is 9.19. The number of amidine groups is 1. The summed E-state index contributed by atoms with van der Waals surface area (Å²) < 4.78 is 66.5. The molecule has 9 heteroatoms. The average Bonchev–Trinajstić information content (AvgIpc) is 3.19. The molecule has 2 aromatic carbocycles. The van der Waals surface area contributed by atoms with E-state index in [0.717, 1.165) is 38.9 Å². The summed E-state index contributed by atoms with van der Waals surface area (Å²) in [6.45, 7) is 4.90. The van der Waals surface area contributed by atoms with Crippen LogP contribution in [0.3, 0.4) is 0 Å². The number of hydrogen-bond acceptors (Lipinski definition) is 3. The molecule has 216 valence electrons. The standard InChI is InChI=1S/C31H36F5N3O/c1-21-37-30(24-7-11-27(32)12-8-24,25-9-13-28(33)14-10-25)29(40)39(21)18-2-17-38-19-15-23(16-20-38)22-3-5-26(6-4-22)31(34,35)36/h7-14,22-23,26H,2-6,15-20H2,1H3. The van der Waals surface area contributed by atoms with Crippen LogP contribution in [0.1, 0.15) is 63.0 Å². The number of rotatable bonds is 7. The maximum absolute atomic E-state index is 13.9. The number of halogens is 5. The van der Waals surface area contributed by atoms with Crippen molar-refractivity contribution >= 4 is 11.7 Å². The van der Waals surface area contributed by atoms with Gasteiger partial charge in [0.25, 0.3) is 5.91 Å². The van der Waals surface area contributed by atoms with Crippen LogP contribution in [0.15, 0.2) is 53.5 Å². The maximum Gasteiger partial charge on any atom is 0.391 e. The van der Waals surface area contributed by atoms with E-state index in [1.54, 1.807) is 36.1 Å². The van der Waals surface area contributed by atoms with E-state index in [9.17, 15) is 26.7 Å². The average molecular weight is 562 g/mol. The van der Waals surface area contributed by atoms with Crippen LogP contribution < -0.4 is 0 Å². The lowest BCUT2D eigenvalue weighted by Crippen LogP contribution is -2.43. The lowest BCUT2D eigenvalue weighted by atomic mass is 9.72. The number of carbonyl (C=O) groups excluding carboxylic acids is 1. The van der Waals surface area contributed by atoms with Crippen molar-refractivity contribution in [1.82, 2.24) is 9.80 Å². The Morgan fingerprint density at radius 2 is 1.30 bits per heavy atom. The molecule has 2 aromatic rings. The maximum atomic E-state index is 13.9. The van der Waals surface area contributed by atoms with Gasteiger partial charge in [-0.05, 0) is 119 Å². The van der Waals surface area contributed by atoms with Crippen LogP contribution in [0.4, 0.5) is 22.0 Å². The zero-order valence-corrected chi connectivity index (χ0v) is 22.8. The summed E-state index contributed by atoms with van der Waals surface area (Å²) in [6.07, 6.45) is 0.551. The first-order valence-corrected chi connectivity index (χ1v) is 14.3. The molecular weight excluding hydrogens is 525 g/mol. The van der Waals surface area contributed by atoms with Gasteiger partial charge in [0.1, 0.15) is 17.5 Å². The van der Waals surface area contributed by atoms with E-state index < -0.39 is 29.3 Å². The van der Waals surface area contributed by atoms with Gasteiger partial charge in [-0.25, -0.2) is 13.8 Å². The molecule has 1 saturated carbocycles. The molecule has 4 nitrogen and oxygen atoms in total. The third-order valence-electron chi connectivity index (χ3n) is 9.19. The van der Waals surface area contributed by atoms with E-state index in [1.807, 2.05) is 0 Å². The van der Waals surface area contributed by atoms with Crippen LogP contribution in [-0.4, -0.2) is 53.9 Å². The number of benzene rings is 2. The van der Waals surface area contributed by atoms with E-state index in [2.05, 4.69) is 4.90 Å². The molecule has 40 heavy (non-hydrogen) atoms. The van der Waals surface area contributed by atoms with Gasteiger partial charge in [-0.1, -0.05) is 24.3 Å². The summed E-state index contributed by atoms with van der Waals surface area (Å²) >= 11 is 0. The molecule has 0 spiro atoms. The largest absolute Gasteiger partial charge is 0.391 e. The molecular formula is C31H36F5N3O. The Kier molecular flexibility index (Phi) is 8.32. The second kappa shape index (κ2) is 11.6. The molecule has 0 unspecified atom stereocenters. The minimum absolute atomic E-state index is 0.239. The van der Waals surface area contributed by atoms with E-state index >= 15 is 0 Å². The highest BCUT2D eigenvalue weighted by Crippen LogP contribution is 2.44. The van der Waals surface area contributed by atoms with Crippen LogP contribution in [0.5, 0.6) is 0 Å². The number of hydrogen-bond donors (Lipinski definition) is 0. The molecule has 0 radical (unpaired) electrons. The van der Waals surface area contributed by atoms with Crippen molar-refractivity contribution in [2.24, 2.45) is 22.7 Å². The number of piperidine rings is 1. The molecule has 1 amide bonds. The number of likely N-dealkylation sites (tertiary alicyclic amines) is 1. The second-order valence-electron chi connectivity index (χ2n) is 11.5. The first kappa shape index (κ1) is 28.7. The third kappa shape index (κ3) is 5.80. The van der Waals surface area contributed by atoms with Crippen LogP contribution in [-0.2, 0) is 10.3 Å². The first-order valence-electron chi connectivity index (χ1n) is 14.3. The lowest BCUT2D eigenvalue weighted by Gasteiger charge is -2.39. The highest BCUT2D eigenvalue weighted by Gasteiger charge is 2.50. The summed E-state index contributed by atoms with van der Waals surface area (Å²) in [5, 5.41) is 0. The molecule has 0 bridgehead atoms. The number of nitrogens with zero attached hydrogens (tertiary/aromatic N) is 3. The smallest absolute Gasteiger partial charge is 0.303 e. The Labute approximate surface area is 232 Å². The van der Waals surface area contributed by atoms with E-state index in [4.69, 9.17) is 4.99 Å². The van der Waals surface area contributed by atoms with E-state index in [1.165, 1.54) is 24.3 Å². The molecule has 2 fully saturated rings. The molecule has 2 aliphatic heterocycles. The molecule has 0 aromatic heterocycles. The summed E-state index contributed by atoms with van der Waals surface area (Å²) in [5.41, 5.74) is -0.341.